The number of H-pyrrole nitrogens is 1. The van der Waals surface area contributed by atoms with Crippen molar-refractivity contribution in [2.45, 2.75) is 84.1 Å². The molecule has 0 unspecified atom stereocenters. The van der Waals surface area contributed by atoms with Gasteiger partial charge in [-0.05, 0) is 47.1 Å². The van der Waals surface area contributed by atoms with Gasteiger partial charge in [0.15, 0.2) is 6.29 Å². The Morgan fingerprint density at radius 3 is 2.37 bits per heavy atom. The number of ether oxygens (including phenoxy) is 2. The summed E-state index contributed by atoms with van der Waals surface area (Å²) in [6.07, 6.45) is 9.71. The van der Waals surface area contributed by atoms with E-state index in [0.717, 1.165) is 59.3 Å². The number of hydrogen-bond acceptors (Lipinski definition) is 6. The summed E-state index contributed by atoms with van der Waals surface area (Å²) in [6, 6.07) is 16.4. The summed E-state index contributed by atoms with van der Waals surface area (Å²) in [7, 11) is 3.30. The summed E-state index contributed by atoms with van der Waals surface area (Å²) in [6.45, 7) is 3.37. The van der Waals surface area contributed by atoms with E-state index in [9.17, 15) is 4.79 Å². The van der Waals surface area contributed by atoms with Gasteiger partial charge >= 0.3 is 5.69 Å². The van der Waals surface area contributed by atoms with Crippen LogP contribution in [0.15, 0.2) is 53.3 Å². The van der Waals surface area contributed by atoms with Gasteiger partial charge in [0.05, 0.1) is 12.2 Å². The Hall–Kier alpha value is -3.56. The first-order valence-electron chi connectivity index (χ1n) is 14.9. The van der Waals surface area contributed by atoms with Gasteiger partial charge in [-0.2, -0.15) is 5.21 Å². The number of nitrogens with one attached hydrogen (secondary N) is 1. The maximum atomic E-state index is 14.0. The van der Waals surface area contributed by atoms with E-state index in [1.54, 1.807) is 14.2 Å². The fourth-order valence-electron chi connectivity index (χ4n) is 6.19. The quantitative estimate of drug-likeness (QED) is 0.198. The summed E-state index contributed by atoms with van der Waals surface area (Å²) >= 11 is 0. The molecule has 9 nitrogen and oxygen atoms in total. The number of imidazole rings is 1. The van der Waals surface area contributed by atoms with E-state index in [-0.39, 0.29) is 5.69 Å². The van der Waals surface area contributed by atoms with E-state index < -0.39 is 6.29 Å². The molecule has 0 amide bonds. The Kier molecular flexibility index (Phi) is 9.80. The third-order valence-electron chi connectivity index (χ3n) is 8.40. The van der Waals surface area contributed by atoms with Gasteiger partial charge in [0.25, 0.3) is 0 Å². The minimum atomic E-state index is -0.578. The monoisotopic (exact) mass is 558 g/mol. The van der Waals surface area contributed by atoms with Crippen LogP contribution in [-0.2, 0) is 29.0 Å². The number of unbranched alkanes of at least 4 members (excludes halogenated alkanes) is 1. The lowest BCUT2D eigenvalue weighted by Crippen LogP contribution is -2.27. The van der Waals surface area contributed by atoms with E-state index in [0.29, 0.717) is 24.8 Å². The summed E-state index contributed by atoms with van der Waals surface area (Å²) in [5, 5.41) is 14.6. The number of aromatic amines is 1. The number of tetrazole rings is 1. The largest absolute Gasteiger partial charge is 0.350 e. The molecule has 0 spiro atoms. The van der Waals surface area contributed by atoms with Crippen LogP contribution in [0.25, 0.3) is 22.5 Å². The van der Waals surface area contributed by atoms with Crippen LogP contribution in [0.2, 0.25) is 0 Å². The molecule has 0 radical (unpaired) electrons. The molecule has 0 saturated heterocycles. The van der Waals surface area contributed by atoms with Gasteiger partial charge in [0, 0.05) is 32.0 Å². The second-order valence-corrected chi connectivity index (χ2v) is 11.0. The van der Waals surface area contributed by atoms with Crippen LogP contribution in [0.3, 0.4) is 0 Å². The Labute approximate surface area is 241 Å². The van der Waals surface area contributed by atoms with Crippen molar-refractivity contribution in [2.75, 3.05) is 14.2 Å². The summed E-state index contributed by atoms with van der Waals surface area (Å²) in [4.78, 5) is 14.0. The second kappa shape index (κ2) is 13.9. The Morgan fingerprint density at radius 1 is 0.976 bits per heavy atom. The van der Waals surface area contributed by atoms with Crippen molar-refractivity contribution in [1.82, 2.24) is 29.8 Å². The highest BCUT2D eigenvalue weighted by molar-refractivity contribution is 5.80. The average molecular weight is 559 g/mol. The molecular weight excluding hydrogens is 516 g/mol. The van der Waals surface area contributed by atoms with Gasteiger partial charge < -0.3 is 9.47 Å². The molecule has 218 valence electrons. The SMILES string of the molecule is CCCCc1c(C(OC)OC)n(CCC2CCCCC2)c(=O)n1Cc1ccc(-c2ccccc2-c2nn[nH]n2)cc1. The first-order chi connectivity index (χ1) is 20.1. The fraction of sp³-hybridized carbons (Fsp3) is 0.500. The molecule has 0 atom stereocenters. The first-order valence-corrected chi connectivity index (χ1v) is 14.9. The lowest BCUT2D eigenvalue weighted by atomic mass is 9.87. The zero-order chi connectivity index (χ0) is 28.6. The van der Waals surface area contributed by atoms with Crippen LogP contribution in [-0.4, -0.2) is 44.0 Å². The third-order valence-corrected chi connectivity index (χ3v) is 8.40. The molecule has 1 fully saturated rings. The maximum Gasteiger partial charge on any atom is 0.329 e. The van der Waals surface area contributed by atoms with Crippen molar-refractivity contribution in [2.24, 2.45) is 5.92 Å². The van der Waals surface area contributed by atoms with E-state index >= 15 is 0 Å². The van der Waals surface area contributed by atoms with Crippen molar-refractivity contribution >= 4 is 0 Å². The van der Waals surface area contributed by atoms with Crippen molar-refractivity contribution in [1.29, 1.82) is 0 Å². The van der Waals surface area contributed by atoms with Crippen molar-refractivity contribution < 1.29 is 9.47 Å². The van der Waals surface area contributed by atoms with Crippen LogP contribution in [0.5, 0.6) is 0 Å². The van der Waals surface area contributed by atoms with Gasteiger partial charge in [-0.25, -0.2) is 4.79 Å². The number of methoxy groups -OCH3 is 2. The zero-order valence-electron chi connectivity index (χ0n) is 24.5. The predicted molar refractivity (Wildman–Crippen MR) is 159 cm³/mol. The Balaban J connectivity index is 1.47. The highest BCUT2D eigenvalue weighted by atomic mass is 16.7. The molecule has 4 aromatic rings. The zero-order valence-corrected chi connectivity index (χ0v) is 24.5. The highest BCUT2D eigenvalue weighted by Crippen LogP contribution is 2.31. The first kappa shape index (κ1) is 29.0. The number of aromatic nitrogens is 6. The molecule has 0 aliphatic heterocycles. The topological polar surface area (TPSA) is 99.9 Å². The second-order valence-electron chi connectivity index (χ2n) is 11.0. The molecule has 2 aromatic carbocycles. The Bertz CT molecular complexity index is 1430. The minimum Gasteiger partial charge on any atom is -0.350 e. The smallest absolute Gasteiger partial charge is 0.329 e. The lowest BCUT2D eigenvalue weighted by Gasteiger charge is -2.23. The maximum absolute atomic E-state index is 14.0. The number of benzene rings is 2. The Morgan fingerprint density at radius 2 is 1.71 bits per heavy atom. The molecule has 1 aliphatic rings. The predicted octanol–water partition coefficient (Wildman–Crippen LogP) is 6.15. The molecule has 5 rings (SSSR count). The highest BCUT2D eigenvalue weighted by Gasteiger charge is 2.27. The summed E-state index contributed by atoms with van der Waals surface area (Å²) < 4.78 is 15.4. The minimum absolute atomic E-state index is 0.0209. The number of rotatable bonds is 13. The molecule has 1 N–H and O–H groups in total. The van der Waals surface area contributed by atoms with Gasteiger partial charge in [0.2, 0.25) is 5.82 Å². The van der Waals surface area contributed by atoms with E-state index in [2.05, 4.69) is 57.9 Å². The molecule has 41 heavy (non-hydrogen) atoms. The molecule has 9 heteroatoms. The molecular formula is C32H42N6O3. The molecule has 1 aliphatic carbocycles. The van der Waals surface area contributed by atoms with Crippen molar-refractivity contribution in [3.8, 4) is 22.5 Å². The fourth-order valence-corrected chi connectivity index (χ4v) is 6.19. The summed E-state index contributed by atoms with van der Waals surface area (Å²) in [5.74, 6) is 1.24. The lowest BCUT2D eigenvalue weighted by molar-refractivity contribution is -0.111. The number of nitrogens with zero attached hydrogens (tertiary/aromatic N) is 5. The van der Waals surface area contributed by atoms with Crippen LogP contribution < -0.4 is 5.69 Å². The van der Waals surface area contributed by atoms with E-state index in [1.807, 2.05) is 27.3 Å². The average Bonchev–Trinajstić information content (AvgIpc) is 3.64. The van der Waals surface area contributed by atoms with Gasteiger partial charge in [-0.1, -0.05) is 94.0 Å². The molecule has 2 aromatic heterocycles. The normalized spacial score (nSPS) is 14.2. The van der Waals surface area contributed by atoms with Crippen LogP contribution >= 0.6 is 0 Å². The van der Waals surface area contributed by atoms with Crippen LogP contribution in [0, 0.1) is 5.92 Å². The van der Waals surface area contributed by atoms with Crippen LogP contribution in [0.4, 0.5) is 0 Å². The standard InChI is InChI=1S/C32H42N6O3/c1-4-5-15-28-29(31(40-2)41-3)37(21-20-23-11-7-6-8-12-23)32(39)38(28)22-24-16-18-25(19-17-24)26-13-9-10-14-27(26)30-33-35-36-34-30/h9-10,13-14,16-19,23,31H,4-8,11-12,15,20-22H2,1-3H3,(H,33,34,35,36). The van der Waals surface area contributed by atoms with E-state index in [1.165, 1.54) is 32.1 Å². The van der Waals surface area contributed by atoms with E-state index in [4.69, 9.17) is 9.47 Å². The third kappa shape index (κ3) is 6.52. The van der Waals surface area contributed by atoms with Crippen LogP contribution in [0.1, 0.15) is 81.5 Å². The number of hydrogen-bond donors (Lipinski definition) is 1. The van der Waals surface area contributed by atoms with Gasteiger partial charge in [-0.15, -0.1) is 10.2 Å². The molecule has 1 saturated carbocycles. The molecule has 0 bridgehead atoms. The van der Waals surface area contributed by atoms with Crippen molar-refractivity contribution in [3.63, 3.8) is 0 Å². The molecule has 2 heterocycles. The van der Waals surface area contributed by atoms with Crippen molar-refractivity contribution in [3.05, 3.63) is 76.0 Å². The van der Waals surface area contributed by atoms with Gasteiger partial charge in [0.1, 0.15) is 0 Å². The van der Waals surface area contributed by atoms with Gasteiger partial charge in [-0.3, -0.25) is 9.13 Å². The summed E-state index contributed by atoms with van der Waals surface area (Å²) in [5.41, 5.74) is 5.96.